The van der Waals surface area contributed by atoms with Gasteiger partial charge in [0, 0.05) is 7.11 Å². The number of ether oxygens (including phenoxy) is 1. The fourth-order valence-corrected chi connectivity index (χ4v) is 2.88. The summed E-state index contributed by atoms with van der Waals surface area (Å²) in [4.78, 5) is 0. The normalized spacial score (nSPS) is 19.8. The molecule has 1 unspecified atom stereocenters. The Morgan fingerprint density at radius 3 is 2.47 bits per heavy atom. The van der Waals surface area contributed by atoms with Crippen molar-refractivity contribution >= 4 is 11.6 Å². The Hall–Kier alpha value is -0.530. The molecule has 0 radical (unpaired) electrons. The van der Waals surface area contributed by atoms with Crippen molar-refractivity contribution in [1.82, 2.24) is 0 Å². The molecule has 0 N–H and O–H groups in total. The molecule has 0 aromatic heterocycles. The topological polar surface area (TPSA) is 9.23 Å². The number of benzene rings is 1. The molecule has 0 aliphatic heterocycles. The molecule has 1 aromatic rings. The first-order valence-corrected chi connectivity index (χ1v) is 6.76. The van der Waals surface area contributed by atoms with E-state index >= 15 is 0 Å². The third-order valence-electron chi connectivity index (χ3n) is 4.14. The molecule has 1 fully saturated rings. The lowest BCUT2D eigenvalue weighted by atomic mass is 9.76. The molecule has 1 atom stereocenters. The van der Waals surface area contributed by atoms with Gasteiger partial charge in [0.25, 0.3) is 0 Å². The number of methoxy groups -OCH3 is 1. The van der Waals surface area contributed by atoms with Crippen LogP contribution in [0, 0.1) is 13.8 Å². The highest BCUT2D eigenvalue weighted by molar-refractivity contribution is 6.20. The van der Waals surface area contributed by atoms with Crippen molar-refractivity contribution in [2.75, 3.05) is 7.11 Å². The third kappa shape index (κ3) is 2.66. The SMILES string of the molecule is COC1(CC(Cl)c2ccc(C)c(C)c2)CCC1. The Balaban J connectivity index is 2.08. The van der Waals surface area contributed by atoms with Gasteiger partial charge in [0.05, 0.1) is 11.0 Å². The Bertz CT molecular complexity index is 390. The van der Waals surface area contributed by atoms with Crippen LogP contribution in [0.25, 0.3) is 0 Å². The monoisotopic (exact) mass is 252 g/mol. The van der Waals surface area contributed by atoms with Crippen molar-refractivity contribution in [1.29, 1.82) is 0 Å². The molecule has 1 aromatic carbocycles. The van der Waals surface area contributed by atoms with E-state index in [1.807, 2.05) is 7.11 Å². The predicted octanol–water partition coefficient (Wildman–Crippen LogP) is 4.54. The summed E-state index contributed by atoms with van der Waals surface area (Å²) in [6.07, 6.45) is 4.49. The van der Waals surface area contributed by atoms with E-state index in [0.29, 0.717) is 0 Å². The van der Waals surface area contributed by atoms with Crippen LogP contribution in [0.15, 0.2) is 18.2 Å². The van der Waals surface area contributed by atoms with Gasteiger partial charge in [0.2, 0.25) is 0 Å². The summed E-state index contributed by atoms with van der Waals surface area (Å²) in [5, 5.41) is 0.0644. The van der Waals surface area contributed by atoms with Crippen LogP contribution in [0.5, 0.6) is 0 Å². The molecule has 1 nitrogen and oxygen atoms in total. The molecule has 1 saturated carbocycles. The van der Waals surface area contributed by atoms with Gasteiger partial charge in [0.15, 0.2) is 0 Å². The zero-order chi connectivity index (χ0) is 12.5. The van der Waals surface area contributed by atoms with Crippen LogP contribution in [-0.4, -0.2) is 12.7 Å². The fourth-order valence-electron chi connectivity index (χ4n) is 2.47. The van der Waals surface area contributed by atoms with Crippen molar-refractivity contribution < 1.29 is 4.74 Å². The van der Waals surface area contributed by atoms with Crippen LogP contribution < -0.4 is 0 Å². The lowest BCUT2D eigenvalue weighted by Crippen LogP contribution is -2.39. The number of hydrogen-bond acceptors (Lipinski definition) is 1. The average molecular weight is 253 g/mol. The van der Waals surface area contributed by atoms with Gasteiger partial charge in [-0.15, -0.1) is 11.6 Å². The largest absolute Gasteiger partial charge is 0.378 e. The minimum atomic E-state index is 0.0468. The van der Waals surface area contributed by atoms with E-state index in [4.69, 9.17) is 16.3 Å². The van der Waals surface area contributed by atoms with Gasteiger partial charge in [-0.2, -0.15) is 0 Å². The van der Waals surface area contributed by atoms with E-state index in [9.17, 15) is 0 Å². The molecule has 0 heterocycles. The molecule has 17 heavy (non-hydrogen) atoms. The summed E-state index contributed by atoms with van der Waals surface area (Å²) in [5.41, 5.74) is 3.90. The fraction of sp³-hybridized carbons (Fsp3) is 0.600. The highest BCUT2D eigenvalue weighted by atomic mass is 35.5. The van der Waals surface area contributed by atoms with Crippen LogP contribution in [-0.2, 0) is 4.74 Å². The Morgan fingerprint density at radius 2 is 2.00 bits per heavy atom. The molecule has 0 amide bonds. The zero-order valence-electron chi connectivity index (χ0n) is 10.9. The van der Waals surface area contributed by atoms with Crippen LogP contribution in [0.4, 0.5) is 0 Å². The van der Waals surface area contributed by atoms with E-state index in [1.165, 1.54) is 23.1 Å². The van der Waals surface area contributed by atoms with Gasteiger partial charge in [-0.05, 0) is 56.2 Å². The first kappa shape index (κ1) is 12.9. The smallest absolute Gasteiger partial charge is 0.0696 e. The Labute approximate surface area is 109 Å². The van der Waals surface area contributed by atoms with Crippen LogP contribution >= 0.6 is 11.6 Å². The highest BCUT2D eigenvalue weighted by Crippen LogP contribution is 2.43. The zero-order valence-corrected chi connectivity index (χ0v) is 11.7. The van der Waals surface area contributed by atoms with Crippen LogP contribution in [0.1, 0.15) is 47.8 Å². The van der Waals surface area contributed by atoms with E-state index in [2.05, 4.69) is 32.0 Å². The van der Waals surface area contributed by atoms with Gasteiger partial charge in [-0.25, -0.2) is 0 Å². The number of alkyl halides is 1. The molecule has 1 aliphatic carbocycles. The maximum atomic E-state index is 6.53. The second-order valence-electron chi connectivity index (χ2n) is 5.26. The molecule has 1 aliphatic rings. The van der Waals surface area contributed by atoms with Gasteiger partial charge in [-0.1, -0.05) is 18.2 Å². The van der Waals surface area contributed by atoms with Crippen LogP contribution in [0.2, 0.25) is 0 Å². The first-order chi connectivity index (χ1) is 8.06. The third-order valence-corrected chi connectivity index (χ3v) is 4.55. The standard InChI is InChI=1S/C15H21ClO/c1-11-5-6-13(9-12(11)2)14(16)10-15(17-3)7-4-8-15/h5-6,9,14H,4,7-8,10H2,1-3H3. The maximum absolute atomic E-state index is 6.53. The summed E-state index contributed by atoms with van der Waals surface area (Å²) >= 11 is 6.53. The molecule has 2 heteroatoms. The van der Waals surface area contributed by atoms with E-state index in [1.54, 1.807) is 0 Å². The summed E-state index contributed by atoms with van der Waals surface area (Å²) in [6, 6.07) is 6.50. The Kier molecular flexibility index (Phi) is 3.79. The van der Waals surface area contributed by atoms with Gasteiger partial charge >= 0.3 is 0 Å². The summed E-state index contributed by atoms with van der Waals surface area (Å²) in [5.74, 6) is 0. The van der Waals surface area contributed by atoms with Crippen molar-refractivity contribution in [3.05, 3.63) is 34.9 Å². The second kappa shape index (κ2) is 4.99. The maximum Gasteiger partial charge on any atom is 0.0696 e. The summed E-state index contributed by atoms with van der Waals surface area (Å²) in [6.45, 7) is 4.27. The molecule has 0 bridgehead atoms. The van der Waals surface area contributed by atoms with E-state index in [0.717, 1.165) is 19.3 Å². The van der Waals surface area contributed by atoms with Gasteiger partial charge < -0.3 is 4.74 Å². The number of halogens is 1. The number of aryl methyl sites for hydroxylation is 2. The predicted molar refractivity (Wildman–Crippen MR) is 72.7 cm³/mol. The Morgan fingerprint density at radius 1 is 1.29 bits per heavy atom. The van der Waals surface area contributed by atoms with Crippen LogP contribution in [0.3, 0.4) is 0 Å². The lowest BCUT2D eigenvalue weighted by Gasteiger charge is -2.41. The summed E-state index contributed by atoms with van der Waals surface area (Å²) in [7, 11) is 1.81. The van der Waals surface area contributed by atoms with Gasteiger partial charge in [-0.3, -0.25) is 0 Å². The van der Waals surface area contributed by atoms with E-state index < -0.39 is 0 Å². The molecule has 0 saturated heterocycles. The number of hydrogen-bond donors (Lipinski definition) is 0. The minimum Gasteiger partial charge on any atom is -0.378 e. The van der Waals surface area contributed by atoms with E-state index in [-0.39, 0.29) is 11.0 Å². The molecule has 2 rings (SSSR count). The van der Waals surface area contributed by atoms with Crippen molar-refractivity contribution in [2.24, 2.45) is 0 Å². The molecule has 94 valence electrons. The van der Waals surface area contributed by atoms with Gasteiger partial charge in [0.1, 0.15) is 0 Å². The highest BCUT2D eigenvalue weighted by Gasteiger charge is 2.38. The first-order valence-electron chi connectivity index (χ1n) is 6.33. The minimum absolute atomic E-state index is 0.0468. The van der Waals surface area contributed by atoms with Crippen molar-refractivity contribution in [3.63, 3.8) is 0 Å². The molecule has 0 spiro atoms. The van der Waals surface area contributed by atoms with Crippen molar-refractivity contribution in [2.45, 2.75) is 50.5 Å². The molecular weight excluding hydrogens is 232 g/mol. The summed E-state index contributed by atoms with van der Waals surface area (Å²) < 4.78 is 5.64. The second-order valence-corrected chi connectivity index (χ2v) is 5.78. The molecular formula is C15H21ClO. The quantitative estimate of drug-likeness (QED) is 0.715. The lowest BCUT2D eigenvalue weighted by molar-refractivity contribution is -0.0780. The number of rotatable bonds is 4. The average Bonchev–Trinajstić information content (AvgIpc) is 2.27. The van der Waals surface area contributed by atoms with Crippen molar-refractivity contribution in [3.8, 4) is 0 Å².